The van der Waals surface area contributed by atoms with E-state index in [0.717, 1.165) is 6.54 Å². The van der Waals surface area contributed by atoms with E-state index in [9.17, 15) is 0 Å². The number of rotatable bonds is 4. The van der Waals surface area contributed by atoms with Crippen LogP contribution in [0.1, 0.15) is 33.1 Å². The normalized spacial score (nSPS) is 11.7. The van der Waals surface area contributed by atoms with Crippen molar-refractivity contribution in [2.45, 2.75) is 39.2 Å². The Balaban J connectivity index is 0. The van der Waals surface area contributed by atoms with Crippen LogP contribution >= 0.6 is 0 Å². The molecule has 4 N–H and O–H groups in total. The van der Waals surface area contributed by atoms with E-state index in [1.807, 2.05) is 0 Å². The van der Waals surface area contributed by atoms with Crippen molar-refractivity contribution in [3.8, 4) is 0 Å². The van der Waals surface area contributed by atoms with Gasteiger partial charge < -0.3 is 15.9 Å². The minimum absolute atomic E-state index is 0.139. The average molecular weight is 163 g/mol. The molecule has 0 spiro atoms. The van der Waals surface area contributed by atoms with E-state index in [1.54, 1.807) is 0 Å². The molecule has 3 nitrogen and oxygen atoms in total. The summed E-state index contributed by atoms with van der Waals surface area (Å²) >= 11 is 0. The second-order valence-electron chi connectivity index (χ2n) is 2.53. The molecule has 0 radical (unpaired) electrons. The lowest BCUT2D eigenvalue weighted by Crippen LogP contribution is -2.03. The van der Waals surface area contributed by atoms with E-state index in [-0.39, 0.29) is 6.61 Å². The minimum Gasteiger partial charge on any atom is -0.394 e. The van der Waals surface area contributed by atoms with Crippen LogP contribution < -0.4 is 5.73 Å². The van der Waals surface area contributed by atoms with Gasteiger partial charge in [0.05, 0.1) is 12.7 Å². The Bertz CT molecular complexity index is 54.1. The molecule has 0 aliphatic heterocycles. The predicted molar refractivity (Wildman–Crippen MR) is 47.3 cm³/mol. The van der Waals surface area contributed by atoms with Crippen LogP contribution in [-0.4, -0.2) is 29.5 Å². The van der Waals surface area contributed by atoms with E-state index in [2.05, 4.69) is 6.92 Å². The molecule has 0 aliphatic rings. The topological polar surface area (TPSA) is 66.5 Å². The molecule has 0 fully saturated rings. The van der Waals surface area contributed by atoms with Crippen LogP contribution in [-0.2, 0) is 0 Å². The average Bonchev–Trinajstić information content (AvgIpc) is 2.02. The Kier molecular flexibility index (Phi) is 15.4. The highest BCUT2D eigenvalue weighted by Gasteiger charge is 1.83. The van der Waals surface area contributed by atoms with Gasteiger partial charge in [-0.15, -0.1) is 0 Å². The number of hydrogen-bond donors (Lipinski definition) is 3. The standard InChI is InChI=1S/C5H13N.C3H8O2/c1-2-3-4-5-6;1-3(5)2-4/h2-6H2,1H3;3-5H,2H2,1H3. The van der Waals surface area contributed by atoms with Gasteiger partial charge in [0, 0.05) is 0 Å². The van der Waals surface area contributed by atoms with E-state index < -0.39 is 6.10 Å². The largest absolute Gasteiger partial charge is 0.394 e. The molecule has 0 aliphatic carbocycles. The maximum atomic E-state index is 8.11. The smallest absolute Gasteiger partial charge is 0.0742 e. The summed E-state index contributed by atoms with van der Waals surface area (Å²) in [6.07, 6.45) is 3.19. The number of unbranched alkanes of at least 4 members (excludes halogenated alkanes) is 2. The highest BCUT2D eigenvalue weighted by Crippen LogP contribution is 1.88. The zero-order valence-electron chi connectivity index (χ0n) is 7.58. The molecule has 11 heavy (non-hydrogen) atoms. The Morgan fingerprint density at radius 3 is 1.91 bits per heavy atom. The van der Waals surface area contributed by atoms with Crippen molar-refractivity contribution >= 4 is 0 Å². The van der Waals surface area contributed by atoms with Crippen LogP contribution in [0.2, 0.25) is 0 Å². The molecule has 0 bridgehead atoms. The van der Waals surface area contributed by atoms with Crippen molar-refractivity contribution < 1.29 is 10.2 Å². The van der Waals surface area contributed by atoms with Gasteiger partial charge in [0.25, 0.3) is 0 Å². The molecule has 0 aromatic carbocycles. The van der Waals surface area contributed by atoms with Gasteiger partial charge >= 0.3 is 0 Å². The summed E-state index contributed by atoms with van der Waals surface area (Å²) in [7, 11) is 0. The Labute approximate surface area is 69.2 Å². The Hall–Kier alpha value is -0.120. The van der Waals surface area contributed by atoms with Crippen LogP contribution in [0.15, 0.2) is 0 Å². The maximum absolute atomic E-state index is 8.11. The lowest BCUT2D eigenvalue weighted by Gasteiger charge is -1.90. The molecule has 70 valence electrons. The van der Waals surface area contributed by atoms with E-state index >= 15 is 0 Å². The lowest BCUT2D eigenvalue weighted by atomic mass is 10.3. The molecule has 0 aromatic heterocycles. The molecule has 0 saturated carbocycles. The molecule has 0 saturated heterocycles. The first-order chi connectivity index (χ1) is 5.18. The minimum atomic E-state index is -0.560. The van der Waals surface area contributed by atoms with E-state index in [4.69, 9.17) is 15.9 Å². The van der Waals surface area contributed by atoms with Crippen molar-refractivity contribution in [3.63, 3.8) is 0 Å². The van der Waals surface area contributed by atoms with Crippen LogP contribution in [0, 0.1) is 0 Å². The second-order valence-corrected chi connectivity index (χ2v) is 2.53. The van der Waals surface area contributed by atoms with Gasteiger partial charge in [0.2, 0.25) is 0 Å². The molecule has 0 heterocycles. The fourth-order valence-corrected chi connectivity index (χ4v) is 0.394. The monoisotopic (exact) mass is 163 g/mol. The van der Waals surface area contributed by atoms with Gasteiger partial charge in [0.1, 0.15) is 0 Å². The van der Waals surface area contributed by atoms with Crippen LogP contribution in [0.4, 0.5) is 0 Å². The summed E-state index contributed by atoms with van der Waals surface area (Å²) in [5.41, 5.74) is 5.21. The Morgan fingerprint density at radius 2 is 1.82 bits per heavy atom. The molecule has 1 unspecified atom stereocenters. The molecule has 1 atom stereocenters. The number of aliphatic hydroxyl groups is 2. The maximum Gasteiger partial charge on any atom is 0.0742 e. The summed E-state index contributed by atoms with van der Waals surface area (Å²) in [4.78, 5) is 0. The molecular formula is C8H21NO2. The number of nitrogens with two attached hydrogens (primary N) is 1. The first kappa shape index (κ1) is 13.5. The third-order valence-corrected chi connectivity index (χ3v) is 1.07. The molecule has 3 heteroatoms. The summed E-state index contributed by atoms with van der Waals surface area (Å²) in [5, 5.41) is 16.0. The van der Waals surface area contributed by atoms with Gasteiger partial charge in [-0.2, -0.15) is 0 Å². The van der Waals surface area contributed by atoms with Crippen molar-refractivity contribution in [3.05, 3.63) is 0 Å². The molecule has 0 rings (SSSR count). The highest BCUT2D eigenvalue weighted by atomic mass is 16.3. The molecule has 0 amide bonds. The van der Waals surface area contributed by atoms with Crippen LogP contribution in [0.25, 0.3) is 0 Å². The second kappa shape index (κ2) is 12.5. The number of aliphatic hydroxyl groups excluding tert-OH is 2. The van der Waals surface area contributed by atoms with Gasteiger partial charge in [0.15, 0.2) is 0 Å². The summed E-state index contributed by atoms with van der Waals surface area (Å²) in [5.74, 6) is 0. The van der Waals surface area contributed by atoms with Gasteiger partial charge in [-0.1, -0.05) is 19.8 Å². The predicted octanol–water partition coefficient (Wildman–Crippen LogP) is 0.495. The molecular weight excluding hydrogens is 142 g/mol. The van der Waals surface area contributed by atoms with Crippen molar-refractivity contribution in [1.29, 1.82) is 0 Å². The van der Waals surface area contributed by atoms with Crippen molar-refractivity contribution in [1.82, 2.24) is 0 Å². The lowest BCUT2D eigenvalue weighted by molar-refractivity contribution is 0.110. The van der Waals surface area contributed by atoms with Gasteiger partial charge in [-0.25, -0.2) is 0 Å². The van der Waals surface area contributed by atoms with Gasteiger partial charge in [-0.3, -0.25) is 0 Å². The quantitative estimate of drug-likeness (QED) is 0.528. The SMILES string of the molecule is CC(O)CO.CCCCCN. The Morgan fingerprint density at radius 1 is 1.36 bits per heavy atom. The zero-order chi connectivity index (χ0) is 9.11. The fraction of sp³-hybridized carbons (Fsp3) is 1.00. The zero-order valence-corrected chi connectivity index (χ0v) is 7.58. The first-order valence-corrected chi connectivity index (χ1v) is 4.18. The molecule has 0 aromatic rings. The van der Waals surface area contributed by atoms with Crippen molar-refractivity contribution in [2.75, 3.05) is 13.2 Å². The first-order valence-electron chi connectivity index (χ1n) is 4.18. The third-order valence-electron chi connectivity index (χ3n) is 1.07. The third kappa shape index (κ3) is 25.8. The number of hydrogen-bond acceptors (Lipinski definition) is 3. The summed E-state index contributed by atoms with van der Waals surface area (Å²) in [6, 6.07) is 0. The highest BCUT2D eigenvalue weighted by molar-refractivity contribution is 4.35. The summed E-state index contributed by atoms with van der Waals surface area (Å²) < 4.78 is 0. The van der Waals surface area contributed by atoms with Crippen LogP contribution in [0.5, 0.6) is 0 Å². The van der Waals surface area contributed by atoms with Crippen LogP contribution in [0.3, 0.4) is 0 Å². The fourth-order valence-electron chi connectivity index (χ4n) is 0.394. The van der Waals surface area contributed by atoms with E-state index in [1.165, 1.54) is 26.2 Å². The van der Waals surface area contributed by atoms with Crippen molar-refractivity contribution in [2.24, 2.45) is 5.73 Å². The van der Waals surface area contributed by atoms with Gasteiger partial charge in [-0.05, 0) is 19.9 Å². The van der Waals surface area contributed by atoms with E-state index in [0.29, 0.717) is 0 Å². The summed E-state index contributed by atoms with van der Waals surface area (Å²) in [6.45, 7) is 4.42.